The molecule has 0 radical (unpaired) electrons. The van der Waals surface area contributed by atoms with Crippen molar-refractivity contribution in [2.45, 2.75) is 12.2 Å². The molecule has 0 bridgehead atoms. The molecule has 0 spiro atoms. The molecule has 18 heavy (non-hydrogen) atoms. The van der Waals surface area contributed by atoms with Crippen LogP contribution >= 0.6 is 0 Å². The van der Waals surface area contributed by atoms with Crippen molar-refractivity contribution in [3.05, 3.63) is 29.3 Å². The summed E-state index contributed by atoms with van der Waals surface area (Å²) in [6, 6.07) is 3.51. The number of ether oxygens (including phenoxy) is 1. The number of carbonyl (C=O) groups is 2. The molecular weight excluding hydrogens is 244 g/mol. The number of rotatable bonds is 5. The van der Waals surface area contributed by atoms with Crippen LogP contribution in [-0.2, 0) is 4.79 Å². The second-order valence-corrected chi connectivity index (χ2v) is 3.49. The number of benzene rings is 1. The van der Waals surface area contributed by atoms with Crippen LogP contribution in [0.5, 0.6) is 5.75 Å². The second-order valence-electron chi connectivity index (χ2n) is 3.49. The van der Waals surface area contributed by atoms with Crippen molar-refractivity contribution in [3.63, 3.8) is 0 Å². The molecule has 2 unspecified atom stereocenters. The first-order valence-electron chi connectivity index (χ1n) is 4.88. The van der Waals surface area contributed by atoms with Gasteiger partial charge in [-0.3, -0.25) is 0 Å². The Morgan fingerprint density at radius 3 is 2.28 bits per heavy atom. The quantitative estimate of drug-likeness (QED) is 0.578. The molecule has 7 heteroatoms. The fourth-order valence-electron chi connectivity index (χ4n) is 1.39. The average Bonchev–Trinajstić information content (AvgIpc) is 2.35. The number of carboxylic acids is 2. The summed E-state index contributed by atoms with van der Waals surface area (Å²) in [7, 11) is 1.24. The normalized spacial score (nSPS) is 13.7. The summed E-state index contributed by atoms with van der Waals surface area (Å²) in [5, 5.41) is 36.2. The number of carboxylic acid groups (broad SMARTS) is 2. The molecule has 0 saturated carbocycles. The van der Waals surface area contributed by atoms with E-state index in [0.717, 1.165) is 6.07 Å². The van der Waals surface area contributed by atoms with Gasteiger partial charge in [0.2, 0.25) is 0 Å². The Hall–Kier alpha value is -2.12. The van der Waals surface area contributed by atoms with E-state index < -0.39 is 24.1 Å². The monoisotopic (exact) mass is 256 g/mol. The third kappa shape index (κ3) is 2.76. The van der Waals surface area contributed by atoms with Crippen LogP contribution in [0.2, 0.25) is 0 Å². The topological polar surface area (TPSA) is 124 Å². The molecule has 7 nitrogen and oxygen atoms in total. The first kappa shape index (κ1) is 13.9. The first-order chi connectivity index (χ1) is 8.38. The summed E-state index contributed by atoms with van der Waals surface area (Å²) in [4.78, 5) is 21.3. The van der Waals surface area contributed by atoms with E-state index in [1.807, 2.05) is 0 Å². The van der Waals surface area contributed by atoms with E-state index in [1.54, 1.807) is 0 Å². The highest BCUT2D eigenvalue weighted by Crippen LogP contribution is 2.28. The lowest BCUT2D eigenvalue weighted by Gasteiger charge is -2.17. The fraction of sp³-hybridized carbons (Fsp3) is 0.273. The molecule has 2 atom stereocenters. The van der Waals surface area contributed by atoms with Gasteiger partial charge in [0.25, 0.3) is 0 Å². The van der Waals surface area contributed by atoms with Gasteiger partial charge < -0.3 is 25.2 Å². The largest absolute Gasteiger partial charge is 0.496 e. The maximum absolute atomic E-state index is 10.7. The van der Waals surface area contributed by atoms with Gasteiger partial charge in [0.1, 0.15) is 11.9 Å². The number of methoxy groups -OCH3 is 1. The minimum Gasteiger partial charge on any atom is -0.496 e. The highest BCUT2D eigenvalue weighted by molar-refractivity contribution is 5.88. The van der Waals surface area contributed by atoms with Crippen LogP contribution in [0, 0.1) is 0 Å². The molecule has 0 aliphatic rings. The van der Waals surface area contributed by atoms with Crippen molar-refractivity contribution >= 4 is 11.9 Å². The molecule has 0 aliphatic heterocycles. The number of aliphatic hydroxyl groups excluding tert-OH is 2. The number of hydrogen-bond acceptors (Lipinski definition) is 5. The van der Waals surface area contributed by atoms with E-state index in [0.29, 0.717) is 0 Å². The van der Waals surface area contributed by atoms with Crippen molar-refractivity contribution in [3.8, 4) is 5.75 Å². The van der Waals surface area contributed by atoms with Gasteiger partial charge in [0, 0.05) is 5.56 Å². The second kappa shape index (κ2) is 5.48. The maximum Gasteiger partial charge on any atom is 0.335 e. The molecule has 0 saturated heterocycles. The lowest BCUT2D eigenvalue weighted by molar-refractivity contribution is -0.153. The highest BCUT2D eigenvalue weighted by Gasteiger charge is 2.28. The molecule has 1 rings (SSSR count). The van der Waals surface area contributed by atoms with Crippen molar-refractivity contribution in [1.29, 1.82) is 0 Å². The van der Waals surface area contributed by atoms with Crippen LogP contribution in [0.3, 0.4) is 0 Å². The number of aliphatic carboxylic acids is 1. The zero-order chi connectivity index (χ0) is 13.9. The summed E-state index contributed by atoms with van der Waals surface area (Å²) < 4.78 is 4.86. The number of aromatic carboxylic acids is 1. The predicted octanol–water partition coefficient (Wildman–Crippen LogP) is -0.128. The van der Waals surface area contributed by atoms with Crippen LogP contribution in [0.4, 0.5) is 0 Å². The summed E-state index contributed by atoms with van der Waals surface area (Å²) >= 11 is 0. The minimum absolute atomic E-state index is 0.00241. The minimum atomic E-state index is -2.02. The molecule has 1 aromatic carbocycles. The lowest BCUT2D eigenvalue weighted by atomic mass is 10.0. The first-order valence-corrected chi connectivity index (χ1v) is 4.88. The SMILES string of the molecule is COc1cc(C(=O)O)ccc1C(O)C(O)C(=O)O. The number of hydrogen-bond donors (Lipinski definition) is 4. The van der Waals surface area contributed by atoms with Crippen LogP contribution in [0.15, 0.2) is 18.2 Å². The van der Waals surface area contributed by atoms with Crippen LogP contribution < -0.4 is 4.74 Å². The molecule has 0 heterocycles. The Bertz CT molecular complexity index is 468. The third-order valence-corrected chi connectivity index (χ3v) is 2.35. The average molecular weight is 256 g/mol. The van der Waals surface area contributed by atoms with E-state index in [1.165, 1.54) is 19.2 Å². The van der Waals surface area contributed by atoms with Gasteiger partial charge >= 0.3 is 11.9 Å². The van der Waals surface area contributed by atoms with Crippen molar-refractivity contribution in [2.24, 2.45) is 0 Å². The van der Waals surface area contributed by atoms with E-state index in [2.05, 4.69) is 0 Å². The molecule has 0 aromatic heterocycles. The zero-order valence-corrected chi connectivity index (χ0v) is 9.40. The van der Waals surface area contributed by atoms with Crippen LogP contribution in [0.25, 0.3) is 0 Å². The molecule has 4 N–H and O–H groups in total. The molecule has 1 aromatic rings. The van der Waals surface area contributed by atoms with Crippen LogP contribution in [-0.4, -0.2) is 45.6 Å². The van der Waals surface area contributed by atoms with Gasteiger partial charge in [0.15, 0.2) is 6.10 Å². The fourth-order valence-corrected chi connectivity index (χ4v) is 1.39. The molecular formula is C11H12O7. The summed E-state index contributed by atoms with van der Waals surface area (Å²) in [5.74, 6) is -2.79. The van der Waals surface area contributed by atoms with E-state index in [9.17, 15) is 19.8 Å². The Kier molecular flexibility index (Phi) is 4.24. The maximum atomic E-state index is 10.7. The zero-order valence-electron chi connectivity index (χ0n) is 9.40. The molecule has 0 amide bonds. The Balaban J connectivity index is 3.16. The van der Waals surface area contributed by atoms with Crippen LogP contribution in [0.1, 0.15) is 22.0 Å². The summed E-state index contributed by atoms with van der Waals surface area (Å²) in [5.41, 5.74) is -0.0787. The van der Waals surface area contributed by atoms with Crippen molar-refractivity contribution in [1.82, 2.24) is 0 Å². The highest BCUT2D eigenvalue weighted by atomic mass is 16.5. The molecule has 0 fully saturated rings. The summed E-state index contributed by atoms with van der Waals surface area (Å²) in [6.45, 7) is 0. The standard InChI is InChI=1S/C11H12O7/c1-18-7-4-5(10(14)15)2-3-6(7)8(12)9(13)11(16)17/h2-4,8-9,12-13H,1H3,(H,14,15)(H,16,17). The van der Waals surface area contributed by atoms with Gasteiger partial charge in [-0.05, 0) is 12.1 Å². The lowest BCUT2D eigenvalue weighted by Crippen LogP contribution is -2.27. The van der Waals surface area contributed by atoms with Crippen molar-refractivity contribution in [2.75, 3.05) is 7.11 Å². The van der Waals surface area contributed by atoms with E-state index in [-0.39, 0.29) is 16.9 Å². The summed E-state index contributed by atoms with van der Waals surface area (Å²) in [6.07, 6.45) is -3.73. The number of aliphatic hydroxyl groups is 2. The Morgan fingerprint density at radius 1 is 1.22 bits per heavy atom. The Morgan fingerprint density at radius 2 is 1.83 bits per heavy atom. The molecule has 0 aliphatic carbocycles. The van der Waals surface area contributed by atoms with Gasteiger partial charge in [-0.25, -0.2) is 9.59 Å². The van der Waals surface area contributed by atoms with Crippen molar-refractivity contribution < 1.29 is 34.8 Å². The van der Waals surface area contributed by atoms with E-state index >= 15 is 0 Å². The third-order valence-electron chi connectivity index (χ3n) is 2.35. The van der Waals surface area contributed by atoms with Gasteiger partial charge in [-0.2, -0.15) is 0 Å². The Labute approximate surface area is 102 Å². The predicted molar refractivity (Wildman–Crippen MR) is 58.6 cm³/mol. The smallest absolute Gasteiger partial charge is 0.335 e. The van der Waals surface area contributed by atoms with E-state index in [4.69, 9.17) is 14.9 Å². The van der Waals surface area contributed by atoms with Gasteiger partial charge in [-0.15, -0.1) is 0 Å². The van der Waals surface area contributed by atoms with Gasteiger partial charge in [-0.1, -0.05) is 6.07 Å². The van der Waals surface area contributed by atoms with Gasteiger partial charge in [0.05, 0.1) is 12.7 Å². The molecule has 98 valence electrons.